The van der Waals surface area contributed by atoms with Gasteiger partial charge in [0.25, 0.3) is 17.6 Å². The summed E-state index contributed by atoms with van der Waals surface area (Å²) in [5.41, 5.74) is 6.07. The predicted molar refractivity (Wildman–Crippen MR) is 81.6 cm³/mol. The second-order valence-electron chi connectivity index (χ2n) is 5.23. The highest BCUT2D eigenvalue weighted by Crippen LogP contribution is 2.10. The zero-order valence-corrected chi connectivity index (χ0v) is 13.0. The van der Waals surface area contributed by atoms with Gasteiger partial charge >= 0.3 is 0 Å². The number of aromatic nitrogens is 4. The van der Waals surface area contributed by atoms with Crippen LogP contribution in [0.15, 0.2) is 24.3 Å². The molecule has 2 aromatic heterocycles. The maximum atomic E-state index is 13.2. The third-order valence-electron chi connectivity index (χ3n) is 3.33. The van der Waals surface area contributed by atoms with E-state index in [2.05, 4.69) is 20.4 Å². The lowest BCUT2D eigenvalue weighted by Crippen LogP contribution is -2.26. The fourth-order valence-electron chi connectivity index (χ4n) is 2.18. The summed E-state index contributed by atoms with van der Waals surface area (Å²) >= 11 is 0. The average Bonchev–Trinajstić information content (AvgIpc) is 2.99. The van der Waals surface area contributed by atoms with Crippen LogP contribution in [0.5, 0.6) is 0 Å². The van der Waals surface area contributed by atoms with Gasteiger partial charge in [-0.25, -0.2) is 13.8 Å². The molecule has 128 valence electrons. The van der Waals surface area contributed by atoms with Crippen molar-refractivity contribution in [3.05, 3.63) is 58.7 Å². The van der Waals surface area contributed by atoms with Gasteiger partial charge in [0.2, 0.25) is 5.82 Å². The molecule has 25 heavy (non-hydrogen) atoms. The summed E-state index contributed by atoms with van der Waals surface area (Å²) < 4.78 is 27.2. The Morgan fingerprint density at radius 1 is 1.20 bits per heavy atom. The van der Waals surface area contributed by atoms with Crippen LogP contribution >= 0.6 is 0 Å². The van der Waals surface area contributed by atoms with Gasteiger partial charge in [0.05, 0.1) is 0 Å². The van der Waals surface area contributed by atoms with E-state index in [1.54, 1.807) is 6.92 Å². The number of fused-ring (bicyclic) bond motifs is 1. The molecule has 0 aliphatic rings. The number of carbonyl (C=O) groups is 2. The van der Waals surface area contributed by atoms with Crippen LogP contribution in [0.25, 0.3) is 5.78 Å². The Morgan fingerprint density at radius 3 is 2.64 bits per heavy atom. The largest absolute Gasteiger partial charge is 0.363 e. The number of benzene rings is 1. The lowest BCUT2D eigenvalue weighted by atomic mass is 10.2. The first-order valence-corrected chi connectivity index (χ1v) is 7.11. The number of aryl methyl sites for hydroxylation is 1. The van der Waals surface area contributed by atoms with Gasteiger partial charge in [-0.1, -0.05) is 6.07 Å². The number of hydrogen-bond acceptors (Lipinski definition) is 5. The Hall–Kier alpha value is -3.43. The molecular formula is C15H12F2N6O2. The van der Waals surface area contributed by atoms with Crippen LogP contribution in [-0.4, -0.2) is 31.4 Å². The fourth-order valence-corrected chi connectivity index (χ4v) is 2.18. The third-order valence-corrected chi connectivity index (χ3v) is 3.33. The highest BCUT2D eigenvalue weighted by atomic mass is 19.2. The van der Waals surface area contributed by atoms with E-state index < -0.39 is 23.4 Å². The summed E-state index contributed by atoms with van der Waals surface area (Å²) in [4.78, 5) is 31.5. The zero-order chi connectivity index (χ0) is 18.1. The van der Waals surface area contributed by atoms with Crippen LogP contribution in [0.3, 0.4) is 0 Å². The molecule has 10 heteroatoms. The molecule has 0 aliphatic carbocycles. The summed E-state index contributed by atoms with van der Waals surface area (Å²) in [6.45, 7) is 1.61. The summed E-state index contributed by atoms with van der Waals surface area (Å²) in [5, 5.41) is 6.41. The molecule has 8 nitrogen and oxygen atoms in total. The predicted octanol–water partition coefficient (Wildman–Crippen LogP) is 0.740. The molecule has 2 amide bonds. The first kappa shape index (κ1) is 16.4. The third kappa shape index (κ3) is 3.27. The molecule has 0 fully saturated rings. The van der Waals surface area contributed by atoms with Gasteiger partial charge in [-0.05, 0) is 30.7 Å². The zero-order valence-electron chi connectivity index (χ0n) is 13.0. The number of carbonyl (C=O) groups excluding carboxylic acids is 2. The number of nitrogens with zero attached hydrogens (tertiary/aromatic N) is 4. The molecule has 0 spiro atoms. The van der Waals surface area contributed by atoms with E-state index >= 15 is 0 Å². The van der Waals surface area contributed by atoms with Crippen LogP contribution < -0.4 is 11.1 Å². The van der Waals surface area contributed by atoms with Gasteiger partial charge in [-0.2, -0.15) is 9.50 Å². The molecule has 3 aromatic rings. The smallest absolute Gasteiger partial charge is 0.288 e. The molecule has 3 rings (SSSR count). The van der Waals surface area contributed by atoms with Crippen molar-refractivity contribution in [1.82, 2.24) is 24.9 Å². The Bertz CT molecular complexity index is 1000. The molecule has 0 aliphatic heterocycles. The maximum absolute atomic E-state index is 13.2. The van der Waals surface area contributed by atoms with Crippen molar-refractivity contribution in [2.45, 2.75) is 13.5 Å². The van der Waals surface area contributed by atoms with Crippen molar-refractivity contribution < 1.29 is 18.4 Å². The van der Waals surface area contributed by atoms with Gasteiger partial charge in [-0.3, -0.25) is 9.59 Å². The van der Waals surface area contributed by atoms with E-state index in [1.165, 1.54) is 12.1 Å². The maximum Gasteiger partial charge on any atom is 0.288 e. The van der Waals surface area contributed by atoms with Crippen molar-refractivity contribution in [2.75, 3.05) is 0 Å². The number of nitrogens with two attached hydrogens (primary N) is 1. The summed E-state index contributed by atoms with van der Waals surface area (Å²) in [6, 6.07) is 4.77. The van der Waals surface area contributed by atoms with Gasteiger partial charge in [0, 0.05) is 12.2 Å². The van der Waals surface area contributed by atoms with Gasteiger partial charge in [0.15, 0.2) is 11.6 Å². The van der Waals surface area contributed by atoms with Crippen molar-refractivity contribution >= 4 is 17.6 Å². The molecule has 0 saturated carbocycles. The SMILES string of the molecule is Cc1cc(C(=O)NCc2ccc(F)c(F)c2)n2nc(C(N)=O)nc2n1. The second-order valence-corrected chi connectivity index (χ2v) is 5.23. The van der Waals surface area contributed by atoms with Crippen LogP contribution in [-0.2, 0) is 6.54 Å². The van der Waals surface area contributed by atoms with Crippen molar-refractivity contribution in [2.24, 2.45) is 5.73 Å². The lowest BCUT2D eigenvalue weighted by Gasteiger charge is -2.07. The first-order chi connectivity index (χ1) is 11.8. The number of primary amides is 1. The molecule has 0 radical (unpaired) electrons. The van der Waals surface area contributed by atoms with E-state index in [-0.39, 0.29) is 23.8 Å². The lowest BCUT2D eigenvalue weighted by molar-refractivity contribution is 0.0940. The molecule has 2 heterocycles. The van der Waals surface area contributed by atoms with Crippen LogP contribution in [0.4, 0.5) is 8.78 Å². The van der Waals surface area contributed by atoms with Gasteiger partial charge in [0.1, 0.15) is 5.69 Å². The minimum Gasteiger partial charge on any atom is -0.363 e. The van der Waals surface area contributed by atoms with Crippen molar-refractivity contribution in [1.29, 1.82) is 0 Å². The highest BCUT2D eigenvalue weighted by Gasteiger charge is 2.17. The van der Waals surface area contributed by atoms with E-state index in [1.807, 2.05) is 0 Å². The summed E-state index contributed by atoms with van der Waals surface area (Å²) in [7, 11) is 0. The Balaban J connectivity index is 1.88. The molecule has 1 aromatic carbocycles. The number of rotatable bonds is 4. The topological polar surface area (TPSA) is 115 Å². The monoisotopic (exact) mass is 346 g/mol. The molecule has 0 atom stereocenters. The highest BCUT2D eigenvalue weighted by molar-refractivity contribution is 5.93. The minimum absolute atomic E-state index is 0.0315. The van der Waals surface area contributed by atoms with Crippen LogP contribution in [0.2, 0.25) is 0 Å². The quantitative estimate of drug-likeness (QED) is 0.723. The number of amides is 2. The summed E-state index contributed by atoms with van der Waals surface area (Å²) in [6.07, 6.45) is 0. The first-order valence-electron chi connectivity index (χ1n) is 7.11. The molecule has 0 saturated heterocycles. The molecule has 0 unspecified atom stereocenters. The summed E-state index contributed by atoms with van der Waals surface area (Å²) in [5.74, 6) is -3.60. The standard InChI is InChI=1S/C15H12F2N6O2/c1-7-4-11(23-15(20-7)21-13(22-23)12(18)24)14(25)19-6-8-2-3-9(16)10(17)5-8/h2-5H,6H2,1H3,(H2,18,24)(H,19,25). The Morgan fingerprint density at radius 2 is 1.96 bits per heavy atom. The number of nitrogens with one attached hydrogen (secondary N) is 1. The average molecular weight is 346 g/mol. The van der Waals surface area contributed by atoms with Gasteiger partial charge in [-0.15, -0.1) is 5.10 Å². The van der Waals surface area contributed by atoms with E-state index in [4.69, 9.17) is 5.73 Å². The van der Waals surface area contributed by atoms with Crippen molar-refractivity contribution in [3.63, 3.8) is 0 Å². The minimum atomic E-state index is -1.00. The Labute approximate surface area is 139 Å². The number of hydrogen-bond donors (Lipinski definition) is 2. The van der Waals surface area contributed by atoms with Crippen LogP contribution in [0, 0.1) is 18.6 Å². The van der Waals surface area contributed by atoms with E-state index in [0.717, 1.165) is 16.6 Å². The molecule has 0 bridgehead atoms. The van der Waals surface area contributed by atoms with Crippen LogP contribution in [0.1, 0.15) is 32.4 Å². The van der Waals surface area contributed by atoms with Gasteiger partial charge < -0.3 is 11.1 Å². The molecular weight excluding hydrogens is 334 g/mol. The molecule has 3 N–H and O–H groups in total. The van der Waals surface area contributed by atoms with E-state index in [0.29, 0.717) is 11.3 Å². The van der Waals surface area contributed by atoms with Crippen molar-refractivity contribution in [3.8, 4) is 0 Å². The Kier molecular flexibility index (Phi) is 4.09. The second kappa shape index (κ2) is 6.23. The number of halogens is 2. The normalized spacial score (nSPS) is 10.8. The fraction of sp³-hybridized carbons (Fsp3) is 0.133. The van der Waals surface area contributed by atoms with E-state index in [9.17, 15) is 18.4 Å².